The summed E-state index contributed by atoms with van der Waals surface area (Å²) in [5.74, 6) is -0.165. The third-order valence-electron chi connectivity index (χ3n) is 4.31. The van der Waals surface area contributed by atoms with E-state index >= 15 is 0 Å². The van der Waals surface area contributed by atoms with Gasteiger partial charge in [0.25, 0.3) is 5.91 Å². The topological polar surface area (TPSA) is 85.1 Å². The van der Waals surface area contributed by atoms with Crippen molar-refractivity contribution in [2.45, 2.75) is 6.92 Å². The van der Waals surface area contributed by atoms with Gasteiger partial charge in [-0.15, -0.1) is 32.9 Å². The van der Waals surface area contributed by atoms with Crippen LogP contribution < -0.4 is 5.32 Å². The Morgan fingerprint density at radius 1 is 1.14 bits per heavy atom. The number of anilines is 1. The summed E-state index contributed by atoms with van der Waals surface area (Å²) in [5.41, 5.74) is 3.76. The predicted octanol–water partition coefficient (Wildman–Crippen LogP) is 4.54. The molecule has 29 heavy (non-hydrogen) atoms. The van der Waals surface area contributed by atoms with Gasteiger partial charge in [0.2, 0.25) is 0 Å². The normalized spacial score (nSPS) is 11.1. The zero-order chi connectivity index (χ0) is 19.8. The Balaban J connectivity index is 1.41. The second kappa shape index (κ2) is 7.19. The summed E-state index contributed by atoms with van der Waals surface area (Å²) in [5, 5.41) is 18.2. The minimum atomic E-state index is -0.165. The number of nitrogens with zero attached hydrogens (tertiary/aromatic N) is 5. The smallest absolute Gasteiger partial charge is 0.267 e. The molecular weight excluding hydrogens is 404 g/mol. The van der Waals surface area contributed by atoms with E-state index in [9.17, 15) is 4.79 Å². The highest BCUT2D eigenvalue weighted by Crippen LogP contribution is 2.31. The molecule has 4 aromatic heterocycles. The van der Waals surface area contributed by atoms with Crippen LogP contribution in [-0.4, -0.2) is 30.7 Å². The molecule has 0 aliphatic heterocycles. The Kier molecular flexibility index (Phi) is 4.38. The standard InChI is InChI=1S/C20H14N6OS2/c1-12-18(29-20(22-12)16-6-3-9-28-16)19(27)23-14-5-2-4-13(10-14)15-7-8-17-24-21-11-26(17)25-15/h2-11H,1H3,(H,23,27). The molecule has 0 fully saturated rings. The number of aromatic nitrogens is 5. The molecule has 0 saturated carbocycles. The Morgan fingerprint density at radius 3 is 2.93 bits per heavy atom. The molecule has 7 nitrogen and oxygen atoms in total. The van der Waals surface area contributed by atoms with Crippen molar-refractivity contribution in [1.82, 2.24) is 24.8 Å². The molecule has 4 heterocycles. The molecule has 9 heteroatoms. The second-order valence-electron chi connectivity index (χ2n) is 6.30. The summed E-state index contributed by atoms with van der Waals surface area (Å²) in [4.78, 5) is 19.1. The molecule has 5 rings (SSSR count). The van der Waals surface area contributed by atoms with Gasteiger partial charge in [-0.3, -0.25) is 4.79 Å². The fourth-order valence-corrected chi connectivity index (χ4v) is 4.70. The van der Waals surface area contributed by atoms with E-state index in [2.05, 4.69) is 25.6 Å². The lowest BCUT2D eigenvalue weighted by Gasteiger charge is -2.07. The number of thiazole rings is 1. The highest BCUT2D eigenvalue weighted by atomic mass is 32.1. The van der Waals surface area contributed by atoms with Crippen molar-refractivity contribution in [2.75, 3.05) is 5.32 Å². The average Bonchev–Trinajstić information content (AvgIpc) is 3.48. The van der Waals surface area contributed by atoms with E-state index in [0.717, 1.165) is 26.8 Å². The number of thiophene rings is 1. The summed E-state index contributed by atoms with van der Waals surface area (Å²) in [6.07, 6.45) is 1.56. The minimum Gasteiger partial charge on any atom is -0.321 e. The molecule has 5 aromatic rings. The number of aryl methyl sites for hydroxylation is 1. The van der Waals surface area contributed by atoms with E-state index in [1.807, 2.05) is 60.8 Å². The van der Waals surface area contributed by atoms with Gasteiger partial charge in [-0.1, -0.05) is 18.2 Å². The first-order chi connectivity index (χ1) is 14.2. The number of hydrogen-bond acceptors (Lipinski definition) is 7. The van der Waals surface area contributed by atoms with E-state index in [1.54, 1.807) is 22.2 Å². The van der Waals surface area contributed by atoms with Gasteiger partial charge in [0.1, 0.15) is 16.2 Å². The van der Waals surface area contributed by atoms with E-state index in [1.165, 1.54) is 11.3 Å². The van der Waals surface area contributed by atoms with Crippen LogP contribution in [0.2, 0.25) is 0 Å². The number of amides is 1. The van der Waals surface area contributed by atoms with Crippen molar-refractivity contribution < 1.29 is 4.79 Å². The fraction of sp³-hybridized carbons (Fsp3) is 0.0500. The van der Waals surface area contributed by atoms with Crippen LogP contribution in [0, 0.1) is 6.92 Å². The number of carbonyl (C=O) groups excluding carboxylic acids is 1. The van der Waals surface area contributed by atoms with Crippen LogP contribution in [0.5, 0.6) is 0 Å². The number of carbonyl (C=O) groups is 1. The first-order valence-corrected chi connectivity index (χ1v) is 10.5. The summed E-state index contributed by atoms with van der Waals surface area (Å²) in [7, 11) is 0. The van der Waals surface area contributed by atoms with Crippen LogP contribution in [0.25, 0.3) is 26.8 Å². The number of hydrogen-bond donors (Lipinski definition) is 1. The number of fused-ring (bicyclic) bond motifs is 1. The molecule has 0 bridgehead atoms. The highest BCUT2D eigenvalue weighted by molar-refractivity contribution is 7.22. The number of nitrogens with one attached hydrogen (secondary N) is 1. The quantitative estimate of drug-likeness (QED) is 0.463. The van der Waals surface area contributed by atoms with Crippen LogP contribution in [0.1, 0.15) is 15.4 Å². The average molecular weight is 419 g/mol. The Labute approximate surface area is 173 Å². The van der Waals surface area contributed by atoms with Gasteiger partial charge in [0.05, 0.1) is 16.3 Å². The maximum absolute atomic E-state index is 12.8. The van der Waals surface area contributed by atoms with Crippen molar-refractivity contribution in [3.05, 3.63) is 70.8 Å². The van der Waals surface area contributed by atoms with E-state index in [0.29, 0.717) is 16.2 Å². The summed E-state index contributed by atoms with van der Waals surface area (Å²) in [6.45, 7) is 1.86. The zero-order valence-corrected chi connectivity index (χ0v) is 16.9. The van der Waals surface area contributed by atoms with E-state index in [-0.39, 0.29) is 5.91 Å². The van der Waals surface area contributed by atoms with Crippen LogP contribution >= 0.6 is 22.7 Å². The molecule has 0 aliphatic carbocycles. The lowest BCUT2D eigenvalue weighted by molar-refractivity contribution is 0.103. The van der Waals surface area contributed by atoms with Crippen LogP contribution in [-0.2, 0) is 0 Å². The molecule has 1 aromatic carbocycles. The predicted molar refractivity (Wildman–Crippen MR) is 114 cm³/mol. The van der Waals surface area contributed by atoms with Crippen molar-refractivity contribution in [2.24, 2.45) is 0 Å². The lowest BCUT2D eigenvalue weighted by atomic mass is 10.1. The molecule has 0 spiro atoms. The first-order valence-electron chi connectivity index (χ1n) is 8.77. The summed E-state index contributed by atoms with van der Waals surface area (Å²) >= 11 is 3.02. The molecule has 1 N–H and O–H groups in total. The summed E-state index contributed by atoms with van der Waals surface area (Å²) < 4.78 is 1.62. The molecule has 142 valence electrons. The Morgan fingerprint density at radius 2 is 2.07 bits per heavy atom. The maximum atomic E-state index is 12.8. The Bertz CT molecular complexity index is 1320. The van der Waals surface area contributed by atoms with Gasteiger partial charge in [-0.05, 0) is 42.6 Å². The third kappa shape index (κ3) is 3.41. The second-order valence-corrected chi connectivity index (χ2v) is 8.24. The first kappa shape index (κ1) is 17.7. The molecule has 0 atom stereocenters. The molecular formula is C20H14N6OS2. The van der Waals surface area contributed by atoms with Crippen molar-refractivity contribution in [1.29, 1.82) is 0 Å². The maximum Gasteiger partial charge on any atom is 0.267 e. The molecule has 0 aliphatic rings. The fourth-order valence-electron chi connectivity index (χ4n) is 2.94. The third-order valence-corrected chi connectivity index (χ3v) is 6.51. The van der Waals surface area contributed by atoms with Gasteiger partial charge in [0.15, 0.2) is 5.65 Å². The lowest BCUT2D eigenvalue weighted by Crippen LogP contribution is -2.11. The minimum absolute atomic E-state index is 0.165. The molecule has 0 saturated heterocycles. The molecule has 1 amide bonds. The van der Waals surface area contributed by atoms with Crippen LogP contribution in [0.3, 0.4) is 0 Å². The SMILES string of the molecule is Cc1nc(-c2cccs2)sc1C(=O)Nc1cccc(-c2ccc3nncn3n2)c1. The van der Waals surface area contributed by atoms with Crippen molar-refractivity contribution in [3.8, 4) is 21.1 Å². The van der Waals surface area contributed by atoms with E-state index < -0.39 is 0 Å². The van der Waals surface area contributed by atoms with Gasteiger partial charge in [-0.25, -0.2) is 4.98 Å². The van der Waals surface area contributed by atoms with Crippen molar-refractivity contribution >= 4 is 39.9 Å². The van der Waals surface area contributed by atoms with Gasteiger partial charge in [-0.2, -0.15) is 9.61 Å². The number of benzene rings is 1. The van der Waals surface area contributed by atoms with Gasteiger partial charge >= 0.3 is 0 Å². The van der Waals surface area contributed by atoms with Gasteiger partial charge < -0.3 is 5.32 Å². The summed E-state index contributed by atoms with van der Waals surface area (Å²) in [6, 6.07) is 15.3. The largest absolute Gasteiger partial charge is 0.321 e. The van der Waals surface area contributed by atoms with E-state index in [4.69, 9.17) is 0 Å². The monoisotopic (exact) mass is 418 g/mol. The van der Waals surface area contributed by atoms with Crippen molar-refractivity contribution in [3.63, 3.8) is 0 Å². The highest BCUT2D eigenvalue weighted by Gasteiger charge is 2.17. The van der Waals surface area contributed by atoms with Crippen LogP contribution in [0.4, 0.5) is 5.69 Å². The molecule has 0 unspecified atom stereocenters. The number of rotatable bonds is 4. The van der Waals surface area contributed by atoms with Crippen LogP contribution in [0.15, 0.2) is 60.2 Å². The van der Waals surface area contributed by atoms with Gasteiger partial charge in [0, 0.05) is 11.3 Å². The zero-order valence-electron chi connectivity index (χ0n) is 15.2. The molecule has 0 radical (unpaired) electrons. The Hall–Kier alpha value is -3.43.